The van der Waals surface area contributed by atoms with E-state index in [1.165, 1.54) is 75.0 Å². The number of rotatable bonds is 4. The van der Waals surface area contributed by atoms with Crippen molar-refractivity contribution in [1.82, 2.24) is 19.5 Å². The number of fused-ring (bicyclic) bond motifs is 6. The second-order valence-electron chi connectivity index (χ2n) is 13.0. The maximum atomic E-state index is 5.23. The zero-order valence-electron chi connectivity index (χ0n) is 28.2. The predicted molar refractivity (Wildman–Crippen MR) is 224 cm³/mol. The largest absolute Gasteiger partial charge is 0.309 e. The maximum Gasteiger partial charge on any atom is 0.164 e. The van der Waals surface area contributed by atoms with Crippen molar-refractivity contribution < 1.29 is 0 Å². The second kappa shape index (κ2) is 11.4. The summed E-state index contributed by atoms with van der Waals surface area (Å²) in [4.78, 5) is 15.5. The molecule has 0 amide bonds. The number of aromatic nitrogens is 4. The van der Waals surface area contributed by atoms with Crippen LogP contribution in [0, 0.1) is 0 Å². The summed E-state index contributed by atoms with van der Waals surface area (Å²) in [7, 11) is 11.0. The lowest BCUT2D eigenvalue weighted by Gasteiger charge is -2.20. The zero-order chi connectivity index (χ0) is 33.4. The van der Waals surface area contributed by atoms with Gasteiger partial charge in [-0.1, -0.05) is 83.7 Å². The Bertz CT molecular complexity index is 2710. The van der Waals surface area contributed by atoms with Crippen molar-refractivity contribution in [3.8, 4) is 39.9 Å². The van der Waals surface area contributed by atoms with Crippen LogP contribution in [0.4, 0.5) is 0 Å². The summed E-state index contributed by atoms with van der Waals surface area (Å²) in [5, 5.41) is 4.96. The van der Waals surface area contributed by atoms with Crippen LogP contribution in [0.1, 0.15) is 0 Å². The van der Waals surface area contributed by atoms with Gasteiger partial charge in [-0.05, 0) is 42.5 Å². The highest BCUT2D eigenvalue weighted by Crippen LogP contribution is 2.42. The van der Waals surface area contributed by atoms with Gasteiger partial charge in [0.25, 0.3) is 0 Å². The second-order valence-corrected chi connectivity index (χ2v) is 14.1. The summed E-state index contributed by atoms with van der Waals surface area (Å²) >= 11 is 1.83. The Hall–Kier alpha value is -5.33. The first-order valence-electron chi connectivity index (χ1n) is 16.7. The first-order chi connectivity index (χ1) is 23.9. The normalized spacial score (nSPS) is 11.7. The molecule has 0 atom stereocenters. The van der Waals surface area contributed by atoms with Crippen molar-refractivity contribution >= 4 is 120 Å². The standard InChI is InChI=1S/C39H29B5N4S/c40-32-31(33(41)35(43)36(44)34(32)42)39-46-37(20-9-2-1-3-10-20)45-38(47-39)21-17-18-28-24(19-21)30-27(15-8-16-29(30)49-28)48-25-13-6-4-11-22(25)23-12-5-7-14-26(23)48/h1-19H,40-44H2. The minimum atomic E-state index is 0.675. The topological polar surface area (TPSA) is 43.6 Å². The van der Waals surface area contributed by atoms with Gasteiger partial charge in [-0.3, -0.25) is 0 Å². The van der Waals surface area contributed by atoms with Crippen molar-refractivity contribution in [2.45, 2.75) is 0 Å². The van der Waals surface area contributed by atoms with Crippen molar-refractivity contribution in [2.24, 2.45) is 0 Å². The first-order valence-corrected chi connectivity index (χ1v) is 17.5. The van der Waals surface area contributed by atoms with E-state index in [2.05, 4.69) is 141 Å². The van der Waals surface area contributed by atoms with E-state index in [0.29, 0.717) is 17.5 Å². The molecule has 0 fully saturated rings. The number of hydrogen-bond donors (Lipinski definition) is 0. The van der Waals surface area contributed by atoms with Crippen LogP contribution in [0.2, 0.25) is 0 Å². The van der Waals surface area contributed by atoms with E-state index in [9.17, 15) is 0 Å². The van der Waals surface area contributed by atoms with Crippen LogP contribution in [-0.2, 0) is 0 Å². The number of hydrogen-bond acceptors (Lipinski definition) is 4. The minimum Gasteiger partial charge on any atom is -0.309 e. The Balaban J connectivity index is 1.31. The van der Waals surface area contributed by atoms with Crippen LogP contribution in [0.15, 0.2) is 115 Å². The lowest BCUT2D eigenvalue weighted by molar-refractivity contribution is 1.08. The van der Waals surface area contributed by atoms with Gasteiger partial charge in [0.15, 0.2) is 17.5 Å². The molecule has 3 heterocycles. The SMILES string of the molecule is Bc1c(B)c(B)c(-c2nc(-c3ccccc3)nc(-c3ccc4sc5cccc(-n6c7ccccc7c7ccccc76)c5c4c3)n2)c(B)c1B. The molecule has 10 heteroatoms. The molecule has 0 N–H and O–H groups in total. The predicted octanol–water partition coefficient (Wildman–Crippen LogP) is 1.63. The molecule has 226 valence electrons. The van der Waals surface area contributed by atoms with Gasteiger partial charge in [-0.2, -0.15) is 0 Å². The molecule has 0 saturated carbocycles. The fraction of sp³-hybridized carbons (Fsp3) is 0. The highest BCUT2D eigenvalue weighted by molar-refractivity contribution is 7.25. The molecule has 6 aromatic carbocycles. The van der Waals surface area contributed by atoms with Crippen LogP contribution in [-0.4, -0.2) is 58.8 Å². The van der Waals surface area contributed by atoms with Crippen molar-refractivity contribution in [1.29, 1.82) is 0 Å². The average molecular weight is 640 g/mol. The van der Waals surface area contributed by atoms with E-state index in [4.69, 9.17) is 15.0 Å². The van der Waals surface area contributed by atoms with Gasteiger partial charge >= 0.3 is 0 Å². The molecule has 3 aromatic heterocycles. The fourth-order valence-corrected chi connectivity index (χ4v) is 8.59. The van der Waals surface area contributed by atoms with Gasteiger partial charge in [-0.15, -0.1) is 27.7 Å². The van der Waals surface area contributed by atoms with Crippen molar-refractivity contribution in [2.75, 3.05) is 0 Å². The van der Waals surface area contributed by atoms with E-state index >= 15 is 0 Å². The fourth-order valence-electron chi connectivity index (χ4n) is 7.48. The van der Waals surface area contributed by atoms with Gasteiger partial charge in [0, 0.05) is 47.6 Å². The Morgan fingerprint density at radius 2 is 1.02 bits per heavy atom. The molecule has 4 nitrogen and oxygen atoms in total. The van der Waals surface area contributed by atoms with Gasteiger partial charge in [-0.25, -0.2) is 15.0 Å². The van der Waals surface area contributed by atoms with Crippen LogP contribution in [0.25, 0.3) is 81.8 Å². The van der Waals surface area contributed by atoms with Crippen LogP contribution in [0.5, 0.6) is 0 Å². The molecule has 0 bridgehead atoms. The summed E-state index contributed by atoms with van der Waals surface area (Å²) in [6.07, 6.45) is 0. The monoisotopic (exact) mass is 640 g/mol. The summed E-state index contributed by atoms with van der Waals surface area (Å²) in [5.74, 6) is 2.07. The molecule has 0 unspecified atom stereocenters. The molecule has 0 aliphatic heterocycles. The highest BCUT2D eigenvalue weighted by Gasteiger charge is 2.20. The molecule has 0 aliphatic rings. The molecule has 49 heavy (non-hydrogen) atoms. The molecule has 0 saturated heterocycles. The Morgan fingerprint density at radius 1 is 0.449 bits per heavy atom. The maximum absolute atomic E-state index is 5.23. The van der Waals surface area contributed by atoms with E-state index in [1.54, 1.807) is 0 Å². The van der Waals surface area contributed by atoms with Gasteiger partial charge in [0.1, 0.15) is 39.2 Å². The zero-order valence-corrected chi connectivity index (χ0v) is 29.0. The molecule has 9 aromatic rings. The summed E-state index contributed by atoms with van der Waals surface area (Å²) in [6.45, 7) is 0. The Labute approximate surface area is 293 Å². The smallest absolute Gasteiger partial charge is 0.164 e. The molecule has 9 rings (SSSR count). The molecular formula is C39H29B5N4S. The van der Waals surface area contributed by atoms with Crippen LogP contribution in [0.3, 0.4) is 0 Å². The van der Waals surface area contributed by atoms with Gasteiger partial charge in [0.05, 0.1) is 16.7 Å². The summed E-state index contributed by atoms with van der Waals surface area (Å²) in [5.41, 5.74) is 12.9. The average Bonchev–Trinajstić information content (AvgIpc) is 3.69. The van der Waals surface area contributed by atoms with Crippen LogP contribution < -0.4 is 27.3 Å². The first kappa shape index (κ1) is 29.8. The van der Waals surface area contributed by atoms with Gasteiger partial charge in [0.2, 0.25) is 0 Å². The number of benzene rings is 6. The third-order valence-electron chi connectivity index (χ3n) is 10.4. The Morgan fingerprint density at radius 3 is 1.69 bits per heavy atom. The number of para-hydroxylation sites is 2. The lowest BCUT2D eigenvalue weighted by Crippen LogP contribution is -2.55. The molecule has 0 aliphatic carbocycles. The van der Waals surface area contributed by atoms with Crippen LogP contribution >= 0.6 is 11.3 Å². The van der Waals surface area contributed by atoms with Crippen molar-refractivity contribution in [3.05, 3.63) is 115 Å². The van der Waals surface area contributed by atoms with E-state index in [0.717, 1.165) is 16.7 Å². The number of thiophene rings is 1. The molecular weight excluding hydrogens is 611 g/mol. The third kappa shape index (κ3) is 4.62. The Kier molecular flexibility index (Phi) is 6.92. The van der Waals surface area contributed by atoms with E-state index < -0.39 is 0 Å². The summed E-state index contributed by atoms with van der Waals surface area (Å²) in [6, 6.07) is 41.0. The number of nitrogens with zero attached hydrogens (tertiary/aromatic N) is 4. The quantitative estimate of drug-likeness (QED) is 0.275. The highest BCUT2D eigenvalue weighted by atomic mass is 32.1. The molecule has 0 radical (unpaired) electrons. The van der Waals surface area contributed by atoms with E-state index in [1.807, 2.05) is 29.5 Å². The van der Waals surface area contributed by atoms with Crippen molar-refractivity contribution in [3.63, 3.8) is 0 Å². The summed E-state index contributed by atoms with van der Waals surface area (Å²) < 4.78 is 4.92. The van der Waals surface area contributed by atoms with E-state index in [-0.39, 0.29) is 0 Å². The third-order valence-corrected chi connectivity index (χ3v) is 11.6. The lowest BCUT2D eigenvalue weighted by atomic mass is 9.60. The molecule has 0 spiro atoms. The van der Waals surface area contributed by atoms with Gasteiger partial charge < -0.3 is 4.57 Å². The minimum absolute atomic E-state index is 0.675.